The minimum absolute atomic E-state index is 0.722. The summed E-state index contributed by atoms with van der Waals surface area (Å²) in [6, 6.07) is 0. The van der Waals surface area contributed by atoms with Crippen LogP contribution in [0.2, 0.25) is 0 Å². The van der Waals surface area contributed by atoms with Crippen LogP contribution in [0.4, 0.5) is 0 Å². The molecule has 0 aliphatic heterocycles. The average molecular weight is 222 g/mol. The summed E-state index contributed by atoms with van der Waals surface area (Å²) in [6.07, 6.45) is 7.91. The van der Waals surface area contributed by atoms with Crippen LogP contribution in [0.3, 0.4) is 0 Å². The summed E-state index contributed by atoms with van der Waals surface area (Å²) in [7, 11) is 0. The first kappa shape index (κ1) is 9.79. The van der Waals surface area contributed by atoms with Crippen molar-refractivity contribution in [3.63, 3.8) is 0 Å². The molecule has 1 heterocycles. The molecule has 2 fully saturated rings. The van der Waals surface area contributed by atoms with Crippen molar-refractivity contribution < 1.29 is 0 Å². The molecule has 2 saturated carbocycles. The van der Waals surface area contributed by atoms with Crippen molar-refractivity contribution in [3.05, 3.63) is 16.1 Å². The largest absolute Gasteiger partial charge is 0.311 e. The highest BCUT2D eigenvalue weighted by Gasteiger charge is 2.53. The van der Waals surface area contributed by atoms with Gasteiger partial charge in [0.25, 0.3) is 0 Å². The molecule has 1 aromatic rings. The first-order valence-corrected chi connectivity index (χ1v) is 6.72. The van der Waals surface area contributed by atoms with Gasteiger partial charge in [0.2, 0.25) is 0 Å². The topological polar surface area (TPSA) is 24.9 Å². The van der Waals surface area contributed by atoms with Gasteiger partial charge in [-0.05, 0) is 43.9 Å². The smallest absolute Gasteiger partial charge is 0.0897 e. The van der Waals surface area contributed by atoms with Crippen LogP contribution in [0.25, 0.3) is 0 Å². The van der Waals surface area contributed by atoms with E-state index in [0.717, 1.165) is 17.9 Å². The van der Waals surface area contributed by atoms with E-state index < -0.39 is 0 Å². The summed E-state index contributed by atoms with van der Waals surface area (Å²) in [5.41, 5.74) is 0.722. The number of hydrogen-bond acceptors (Lipinski definition) is 3. The second-order valence-electron chi connectivity index (χ2n) is 5.09. The van der Waals surface area contributed by atoms with Crippen molar-refractivity contribution in [1.29, 1.82) is 0 Å². The second-order valence-corrected chi connectivity index (χ2v) is 6.41. The van der Waals surface area contributed by atoms with Crippen molar-refractivity contribution in [2.75, 3.05) is 6.54 Å². The van der Waals surface area contributed by atoms with Crippen LogP contribution in [0.1, 0.15) is 35.6 Å². The molecule has 1 aromatic heterocycles. The van der Waals surface area contributed by atoms with Crippen LogP contribution in [-0.2, 0) is 6.54 Å². The van der Waals surface area contributed by atoms with E-state index in [1.165, 1.54) is 42.1 Å². The Morgan fingerprint density at radius 2 is 2.33 bits per heavy atom. The molecule has 0 unspecified atom stereocenters. The minimum atomic E-state index is 0.722. The summed E-state index contributed by atoms with van der Waals surface area (Å²) in [4.78, 5) is 5.65. The molecule has 2 aliphatic carbocycles. The van der Waals surface area contributed by atoms with Gasteiger partial charge in [-0.15, -0.1) is 11.3 Å². The third-order valence-corrected chi connectivity index (χ3v) is 4.69. The minimum Gasteiger partial charge on any atom is -0.311 e. The quantitative estimate of drug-likeness (QED) is 0.828. The number of aromatic nitrogens is 1. The fourth-order valence-electron chi connectivity index (χ4n) is 2.51. The van der Waals surface area contributed by atoms with Gasteiger partial charge in [-0.1, -0.05) is 0 Å². The van der Waals surface area contributed by atoms with Gasteiger partial charge in [0.15, 0.2) is 0 Å². The molecule has 1 N–H and O–H groups in total. The van der Waals surface area contributed by atoms with Crippen molar-refractivity contribution in [3.8, 4) is 0 Å². The molecule has 15 heavy (non-hydrogen) atoms. The van der Waals surface area contributed by atoms with Crippen molar-refractivity contribution in [1.82, 2.24) is 10.3 Å². The van der Waals surface area contributed by atoms with E-state index in [-0.39, 0.29) is 0 Å². The second kappa shape index (κ2) is 3.56. The standard InChI is InChI=1S/C12H18N2S/c1-9-14-7-11(15-9)6-13-8-12(4-5-12)10-2-3-10/h7,10,13H,2-6,8H2,1H3. The van der Waals surface area contributed by atoms with Gasteiger partial charge < -0.3 is 5.32 Å². The maximum absolute atomic E-state index is 4.27. The number of nitrogens with zero attached hydrogens (tertiary/aromatic N) is 1. The summed E-state index contributed by atoms with van der Waals surface area (Å²) >= 11 is 1.81. The van der Waals surface area contributed by atoms with Crippen LogP contribution < -0.4 is 5.32 Å². The number of nitrogens with one attached hydrogen (secondary N) is 1. The molecule has 3 rings (SSSR count). The maximum Gasteiger partial charge on any atom is 0.0897 e. The zero-order valence-corrected chi connectivity index (χ0v) is 10.1. The SMILES string of the molecule is Cc1ncc(CNCC2(C3CC3)CC2)s1. The highest BCUT2D eigenvalue weighted by Crippen LogP contribution is 2.60. The highest BCUT2D eigenvalue weighted by atomic mass is 32.1. The van der Waals surface area contributed by atoms with E-state index in [4.69, 9.17) is 0 Å². The molecule has 0 spiro atoms. The Morgan fingerprint density at radius 1 is 1.53 bits per heavy atom. The van der Waals surface area contributed by atoms with Crippen molar-refractivity contribution >= 4 is 11.3 Å². The zero-order chi connectivity index (χ0) is 10.3. The van der Waals surface area contributed by atoms with Gasteiger partial charge in [0.1, 0.15) is 0 Å². The molecule has 0 amide bonds. The first-order chi connectivity index (χ1) is 7.28. The van der Waals surface area contributed by atoms with Crippen LogP contribution >= 0.6 is 11.3 Å². The Balaban J connectivity index is 1.47. The molecule has 0 atom stereocenters. The molecule has 0 radical (unpaired) electrons. The van der Waals surface area contributed by atoms with Crippen molar-refractivity contribution in [2.24, 2.45) is 11.3 Å². The van der Waals surface area contributed by atoms with E-state index in [2.05, 4.69) is 17.2 Å². The lowest BCUT2D eigenvalue weighted by Crippen LogP contribution is -2.24. The molecular weight excluding hydrogens is 204 g/mol. The van der Waals surface area contributed by atoms with Gasteiger partial charge in [-0.25, -0.2) is 4.98 Å². The summed E-state index contributed by atoms with van der Waals surface area (Å²) < 4.78 is 0. The predicted molar refractivity (Wildman–Crippen MR) is 62.9 cm³/mol. The Bertz CT molecular complexity index is 350. The lowest BCUT2D eigenvalue weighted by molar-refractivity contribution is 0.404. The third kappa shape index (κ3) is 2.08. The van der Waals surface area contributed by atoms with Crippen LogP contribution in [0.5, 0.6) is 0 Å². The molecule has 82 valence electrons. The van der Waals surface area contributed by atoms with E-state index >= 15 is 0 Å². The van der Waals surface area contributed by atoms with Crippen LogP contribution in [0.15, 0.2) is 6.20 Å². The molecule has 2 aliphatic rings. The fraction of sp³-hybridized carbons (Fsp3) is 0.750. The zero-order valence-electron chi connectivity index (χ0n) is 9.25. The number of hydrogen-bond donors (Lipinski definition) is 1. The fourth-order valence-corrected chi connectivity index (χ4v) is 3.27. The maximum atomic E-state index is 4.27. The predicted octanol–water partition coefficient (Wildman–Crippen LogP) is 2.73. The normalized spacial score (nSPS) is 23.0. The van der Waals surface area contributed by atoms with Gasteiger partial charge in [-0.3, -0.25) is 0 Å². The molecule has 0 aromatic carbocycles. The molecule has 0 saturated heterocycles. The molecule has 3 heteroatoms. The lowest BCUT2D eigenvalue weighted by atomic mass is 10.0. The summed E-state index contributed by atoms with van der Waals surface area (Å²) in [6.45, 7) is 4.31. The average Bonchev–Trinajstić information content (AvgIpc) is 3.08. The van der Waals surface area contributed by atoms with Crippen LogP contribution in [0, 0.1) is 18.3 Å². The highest BCUT2D eigenvalue weighted by molar-refractivity contribution is 7.11. The Kier molecular flexibility index (Phi) is 2.33. The Labute approximate surface area is 95.1 Å². The van der Waals surface area contributed by atoms with E-state index in [1.807, 2.05) is 17.5 Å². The van der Waals surface area contributed by atoms with Gasteiger partial charge in [0.05, 0.1) is 5.01 Å². The van der Waals surface area contributed by atoms with Crippen molar-refractivity contribution in [2.45, 2.75) is 39.2 Å². The van der Waals surface area contributed by atoms with E-state index in [1.54, 1.807) is 0 Å². The van der Waals surface area contributed by atoms with Gasteiger partial charge in [-0.2, -0.15) is 0 Å². The Hall–Kier alpha value is -0.410. The summed E-state index contributed by atoms with van der Waals surface area (Å²) in [5, 5.41) is 4.79. The lowest BCUT2D eigenvalue weighted by Gasteiger charge is -2.14. The first-order valence-electron chi connectivity index (χ1n) is 5.91. The molecule has 2 nitrogen and oxygen atoms in total. The number of aryl methyl sites for hydroxylation is 1. The van der Waals surface area contributed by atoms with E-state index in [0.29, 0.717) is 0 Å². The number of thiazole rings is 1. The molecular formula is C12H18N2S. The monoisotopic (exact) mass is 222 g/mol. The van der Waals surface area contributed by atoms with Gasteiger partial charge in [0, 0.05) is 24.2 Å². The third-order valence-electron chi connectivity index (χ3n) is 3.78. The molecule has 0 bridgehead atoms. The summed E-state index contributed by atoms with van der Waals surface area (Å²) in [5.74, 6) is 1.06. The van der Waals surface area contributed by atoms with Crippen LogP contribution in [-0.4, -0.2) is 11.5 Å². The Morgan fingerprint density at radius 3 is 2.87 bits per heavy atom. The number of rotatable bonds is 5. The van der Waals surface area contributed by atoms with Gasteiger partial charge >= 0.3 is 0 Å². The van der Waals surface area contributed by atoms with E-state index in [9.17, 15) is 0 Å².